The number of nitrogens with zero attached hydrogens (tertiary/aromatic N) is 12. The summed E-state index contributed by atoms with van der Waals surface area (Å²) >= 11 is 0. The first-order valence-electron chi connectivity index (χ1n) is 19.2. The molecule has 3 aliphatic heterocycles. The number of nitrogens with two attached hydrogens (primary N) is 3. The second kappa shape index (κ2) is 17.9. The molecule has 9 heterocycles. The molecule has 0 amide bonds. The van der Waals surface area contributed by atoms with Gasteiger partial charge in [-0.15, -0.1) is 0 Å². The number of aromatic nitrogens is 12. The zero-order valence-corrected chi connectivity index (χ0v) is 36.2. The summed E-state index contributed by atoms with van der Waals surface area (Å²) in [6.07, 6.45) is -15.5. The van der Waals surface area contributed by atoms with Crippen molar-refractivity contribution >= 4 is 74.2 Å². The number of aliphatic hydroxyl groups excluding tert-OH is 4. The van der Waals surface area contributed by atoms with Crippen LogP contribution in [0, 0.1) is 0 Å². The second-order valence-electron chi connectivity index (χ2n) is 14.9. The Morgan fingerprint density at radius 3 is 1.40 bits per heavy atom. The van der Waals surface area contributed by atoms with Crippen LogP contribution < -0.4 is 17.2 Å². The molecule has 362 valence electrons. The van der Waals surface area contributed by atoms with Gasteiger partial charge in [0.15, 0.2) is 65.7 Å². The molecule has 0 aromatic carbocycles. The quantitative estimate of drug-likeness (QED) is 0.0419. The fourth-order valence-electron chi connectivity index (χ4n) is 7.43. The molecule has 37 heteroatoms. The lowest BCUT2D eigenvalue weighted by molar-refractivity contribution is -0.167. The lowest BCUT2D eigenvalue weighted by Gasteiger charge is -2.25. The summed E-state index contributed by atoms with van der Waals surface area (Å²) < 4.78 is 85.9. The van der Waals surface area contributed by atoms with Gasteiger partial charge in [0.2, 0.25) is 0 Å². The van der Waals surface area contributed by atoms with Crippen LogP contribution in [-0.4, -0.2) is 173 Å². The average Bonchev–Trinajstić information content (AvgIpc) is 4.13. The molecule has 6 aromatic heterocycles. The highest BCUT2D eigenvalue weighted by atomic mass is 31.2. The van der Waals surface area contributed by atoms with Crippen LogP contribution in [-0.2, 0) is 50.7 Å². The molecular formula is C30H38N15O19P3. The summed E-state index contributed by atoms with van der Waals surface area (Å²) in [4.78, 5) is 76.8. The minimum absolute atomic E-state index is 0.0233. The lowest BCUT2D eigenvalue weighted by Crippen LogP contribution is -2.37. The van der Waals surface area contributed by atoms with Crippen LogP contribution in [0.2, 0.25) is 0 Å². The average molecular weight is 1010 g/mol. The van der Waals surface area contributed by atoms with E-state index in [0.29, 0.717) is 0 Å². The third kappa shape index (κ3) is 9.22. The first kappa shape index (κ1) is 47.2. The van der Waals surface area contributed by atoms with Gasteiger partial charge in [-0.05, 0) is 0 Å². The molecule has 9 rings (SSSR count). The highest BCUT2D eigenvalue weighted by Gasteiger charge is 2.54. The molecule has 0 aliphatic carbocycles. The summed E-state index contributed by atoms with van der Waals surface area (Å²) in [5, 5.41) is 44.4. The number of phosphoric ester groups is 2. The van der Waals surface area contributed by atoms with E-state index in [1.54, 1.807) is 0 Å². The predicted octanol–water partition coefficient (Wildman–Crippen LogP) is -3.50. The Labute approximate surface area is 371 Å². The topological polar surface area (TPSA) is 496 Å². The lowest BCUT2D eigenvalue weighted by atomic mass is 10.1. The van der Waals surface area contributed by atoms with Crippen molar-refractivity contribution in [2.75, 3.05) is 36.8 Å². The van der Waals surface area contributed by atoms with Crippen LogP contribution in [0.5, 0.6) is 0 Å². The van der Waals surface area contributed by atoms with E-state index in [0.717, 1.165) is 40.8 Å². The van der Waals surface area contributed by atoms with E-state index in [2.05, 4.69) is 44.9 Å². The predicted molar refractivity (Wildman–Crippen MR) is 214 cm³/mol. The molecule has 0 saturated carbocycles. The van der Waals surface area contributed by atoms with E-state index in [1.165, 1.54) is 10.9 Å². The van der Waals surface area contributed by atoms with Gasteiger partial charge >= 0.3 is 23.2 Å². The molecule has 6 aromatic rings. The minimum Gasteiger partial charge on any atom is -0.387 e. The molecule has 3 aliphatic rings. The SMILES string of the molecule is Nc1ncnc2c1ncn2[C@@H]1O[C@H](COP(=O)(O)O[C@@H]2[C@H](O)[C@@H](COP(=O)(O)O[C@@H]3[C@H](O)[C@@H](OCP(=O)(O)O)O[C@H]3n3cnc4c(N)ncnc43)O[C@H]2n2cnc3c(N)ncnc32)[C@@H](O)[C@H]1O. The van der Waals surface area contributed by atoms with Gasteiger partial charge in [0.25, 0.3) is 0 Å². The zero-order valence-electron chi connectivity index (χ0n) is 33.5. The van der Waals surface area contributed by atoms with Crippen LogP contribution in [0.25, 0.3) is 33.5 Å². The maximum atomic E-state index is 13.6. The molecule has 14 N–H and O–H groups in total. The van der Waals surface area contributed by atoms with E-state index < -0.39 is 117 Å². The van der Waals surface area contributed by atoms with Gasteiger partial charge in [-0.25, -0.2) is 54.0 Å². The Bertz CT molecular complexity index is 2940. The Hall–Kier alpha value is -4.90. The van der Waals surface area contributed by atoms with Gasteiger partial charge < -0.3 is 76.1 Å². The fourth-order valence-corrected chi connectivity index (χ4v) is 9.63. The first-order chi connectivity index (χ1) is 31.7. The van der Waals surface area contributed by atoms with E-state index in [-0.39, 0.29) is 50.9 Å². The largest absolute Gasteiger partial charge is 0.472 e. The first-order valence-corrected chi connectivity index (χ1v) is 23.9. The molecule has 14 atom stereocenters. The molecule has 0 spiro atoms. The minimum atomic E-state index is -5.44. The highest BCUT2D eigenvalue weighted by molar-refractivity contribution is 7.51. The van der Waals surface area contributed by atoms with Crippen molar-refractivity contribution in [2.45, 2.75) is 73.8 Å². The summed E-state index contributed by atoms with van der Waals surface area (Å²) in [6, 6.07) is 0. The Balaban J connectivity index is 0.918. The van der Waals surface area contributed by atoms with Crippen molar-refractivity contribution in [1.82, 2.24) is 58.6 Å². The van der Waals surface area contributed by atoms with E-state index in [4.69, 9.17) is 54.2 Å². The highest BCUT2D eigenvalue weighted by Crippen LogP contribution is 2.53. The van der Waals surface area contributed by atoms with Crippen LogP contribution in [0.4, 0.5) is 17.5 Å². The molecule has 0 radical (unpaired) electrons. The monoisotopic (exact) mass is 1010 g/mol. The standard InChI is InChI=1S/C30H38N15O19P3/c31-21-12-24(37-3-34-21)43(6-40-12)27-17(48)15(46)10(60-27)1-58-66(53,54)63-19-16(47)11(61-28(19)44-7-41-13-22(32)35-4-38-25(13)44)2-59-67(55,56)64-20-18(49)30(57-9-65(50,51)52)62-29(20)45-8-42-14-23(33)36-5-39-26(14)45/h3-8,10-11,15-20,27-30,46-49H,1-2,9H2,(H,53,54)(H,55,56)(H2,31,34,37)(H2,32,35,38)(H2,33,36,39)(H2,50,51,52)/t10-,11-,15-,16-,17-,18+,19-,20-,27-,28-,29-,30+/m1/s1. The van der Waals surface area contributed by atoms with Gasteiger partial charge in [0.05, 0.1) is 32.2 Å². The molecule has 34 nitrogen and oxygen atoms in total. The van der Waals surface area contributed by atoms with Gasteiger partial charge in [-0.1, -0.05) is 0 Å². The normalized spacial score (nSPS) is 31.0. The molecule has 2 unspecified atom stereocenters. The number of ether oxygens (including phenoxy) is 4. The summed E-state index contributed by atoms with van der Waals surface area (Å²) in [6.45, 7) is -1.93. The Morgan fingerprint density at radius 2 is 0.940 bits per heavy atom. The van der Waals surface area contributed by atoms with Crippen molar-refractivity contribution in [3.05, 3.63) is 38.0 Å². The molecule has 67 heavy (non-hydrogen) atoms. The molecule has 0 bridgehead atoms. The third-order valence-corrected chi connectivity index (χ3v) is 13.0. The number of aliphatic hydroxyl groups is 4. The molecule has 3 fully saturated rings. The number of fused-ring (bicyclic) bond motifs is 3. The van der Waals surface area contributed by atoms with E-state index in [9.17, 15) is 53.7 Å². The Morgan fingerprint density at radius 1 is 0.537 bits per heavy atom. The van der Waals surface area contributed by atoms with E-state index in [1.807, 2.05) is 0 Å². The number of nitrogen functional groups attached to an aromatic ring is 3. The number of rotatable bonds is 16. The second-order valence-corrected chi connectivity index (χ2v) is 19.3. The summed E-state index contributed by atoms with van der Waals surface area (Å²) in [7, 11) is -15.6. The third-order valence-electron chi connectivity index (χ3n) is 10.5. The number of anilines is 3. The fraction of sp³-hybridized carbons (Fsp3) is 0.500. The maximum absolute atomic E-state index is 13.6. The van der Waals surface area contributed by atoms with Gasteiger partial charge in [0, 0.05) is 0 Å². The molecule has 3 saturated heterocycles. The van der Waals surface area contributed by atoms with Crippen molar-refractivity contribution < 1.29 is 90.7 Å². The zero-order chi connectivity index (χ0) is 47.7. The van der Waals surface area contributed by atoms with Crippen LogP contribution in [0.3, 0.4) is 0 Å². The summed E-state index contributed by atoms with van der Waals surface area (Å²) in [5.74, 6) is -0.143. The molecular weight excluding hydrogens is 967 g/mol. The number of hydrogen-bond donors (Lipinski definition) is 11. The van der Waals surface area contributed by atoms with Gasteiger partial charge in [0.1, 0.15) is 84.4 Å². The van der Waals surface area contributed by atoms with Crippen molar-refractivity contribution in [3.63, 3.8) is 0 Å². The van der Waals surface area contributed by atoms with Crippen LogP contribution in [0.15, 0.2) is 38.0 Å². The van der Waals surface area contributed by atoms with Gasteiger partial charge in [-0.2, -0.15) is 0 Å². The van der Waals surface area contributed by atoms with Gasteiger partial charge in [-0.3, -0.25) is 36.4 Å². The smallest absolute Gasteiger partial charge is 0.387 e. The van der Waals surface area contributed by atoms with Crippen molar-refractivity contribution in [1.29, 1.82) is 0 Å². The number of imidazole rings is 3. The maximum Gasteiger partial charge on any atom is 0.472 e. The summed E-state index contributed by atoms with van der Waals surface area (Å²) in [5.41, 5.74) is 18.0. The van der Waals surface area contributed by atoms with E-state index >= 15 is 0 Å². The van der Waals surface area contributed by atoms with Crippen LogP contribution >= 0.6 is 23.2 Å². The van der Waals surface area contributed by atoms with Crippen molar-refractivity contribution in [2.24, 2.45) is 0 Å². The Kier molecular flexibility index (Phi) is 12.6. The van der Waals surface area contributed by atoms with Crippen LogP contribution in [0.1, 0.15) is 18.7 Å². The number of phosphoric acid groups is 2. The number of hydrogen-bond acceptors (Lipinski definition) is 27. The van der Waals surface area contributed by atoms with Crippen molar-refractivity contribution in [3.8, 4) is 0 Å².